The first-order valence-electron chi connectivity index (χ1n) is 13.4. The molecule has 2 aromatic rings. The molecular formula is C30H40ClN3O5S. The molecular weight excluding hydrogens is 550 g/mol. The molecule has 8 nitrogen and oxygen atoms in total. The highest BCUT2D eigenvalue weighted by Gasteiger charge is 2.48. The van der Waals surface area contributed by atoms with Gasteiger partial charge in [-0.25, -0.2) is 4.79 Å². The Labute approximate surface area is 246 Å². The molecule has 0 saturated heterocycles. The monoisotopic (exact) mass is 589 g/mol. The minimum Gasteiger partial charge on any atom is -0.508 e. The van der Waals surface area contributed by atoms with E-state index in [1.165, 1.54) is 6.07 Å². The van der Waals surface area contributed by atoms with Crippen molar-refractivity contribution in [3.8, 4) is 5.75 Å². The number of phenolic OH excluding ortho intramolecular Hbond substituents is 1. The van der Waals surface area contributed by atoms with Crippen LogP contribution in [-0.2, 0) is 14.3 Å². The Kier molecular flexibility index (Phi) is 10.4. The second-order valence-corrected chi connectivity index (χ2v) is 12.8. The predicted molar refractivity (Wildman–Crippen MR) is 161 cm³/mol. The highest BCUT2D eigenvalue weighted by molar-refractivity contribution is 7.98. The fourth-order valence-corrected chi connectivity index (χ4v) is 5.30. The topological polar surface area (TPSA) is 108 Å². The molecule has 2 aromatic carbocycles. The second kappa shape index (κ2) is 13.2. The highest BCUT2D eigenvalue weighted by Crippen LogP contribution is 2.42. The van der Waals surface area contributed by atoms with Crippen molar-refractivity contribution in [3.63, 3.8) is 0 Å². The zero-order chi connectivity index (χ0) is 29.8. The van der Waals surface area contributed by atoms with Crippen molar-refractivity contribution in [1.29, 1.82) is 0 Å². The average Bonchev–Trinajstić information content (AvgIpc) is 3.58. The molecule has 0 heterocycles. The van der Waals surface area contributed by atoms with E-state index < -0.39 is 29.7 Å². The fraction of sp³-hybridized carbons (Fsp3) is 0.500. The van der Waals surface area contributed by atoms with E-state index in [4.69, 9.17) is 16.3 Å². The largest absolute Gasteiger partial charge is 0.508 e. The number of nitrogens with one attached hydrogen (secondary N) is 2. The van der Waals surface area contributed by atoms with Crippen molar-refractivity contribution in [2.75, 3.05) is 17.3 Å². The number of carbonyl (C=O) groups excluding carboxylic acids is 3. The number of nitrogens with zero attached hydrogens (tertiary/aromatic N) is 1. The van der Waals surface area contributed by atoms with Crippen molar-refractivity contribution in [1.82, 2.24) is 10.2 Å². The Bertz CT molecular complexity index is 1230. The van der Waals surface area contributed by atoms with Gasteiger partial charge in [0.1, 0.15) is 23.4 Å². The Balaban J connectivity index is 2.07. The van der Waals surface area contributed by atoms with Gasteiger partial charge in [0.05, 0.1) is 10.7 Å². The van der Waals surface area contributed by atoms with Crippen LogP contribution in [0, 0.1) is 19.8 Å². The standard InChI is InChI=1S/C30H40ClN3O5S/c1-17-9-8-10-21(31)25(17)33-27(36)26(20-11-12-24(35)19(3)15-20)34(23-16-18(23)2)28(37)22(13-14-40-7)32-29(38)39-30(4,5)6/h8-12,15,18,22-23,26,35H,13-14,16H2,1-7H3,(H,32,38)(H,33,36). The van der Waals surface area contributed by atoms with Gasteiger partial charge in [-0.05, 0) is 100 Å². The fourth-order valence-electron chi connectivity index (χ4n) is 4.56. The van der Waals surface area contributed by atoms with Crippen LogP contribution in [0.5, 0.6) is 5.75 Å². The second-order valence-electron chi connectivity index (χ2n) is 11.4. The molecule has 4 atom stereocenters. The highest BCUT2D eigenvalue weighted by atomic mass is 35.5. The third-order valence-electron chi connectivity index (χ3n) is 6.81. The van der Waals surface area contributed by atoms with E-state index in [1.54, 1.807) is 68.6 Å². The number of amides is 3. The lowest BCUT2D eigenvalue weighted by molar-refractivity contribution is -0.141. The van der Waals surface area contributed by atoms with Crippen molar-refractivity contribution in [3.05, 3.63) is 58.1 Å². The molecule has 218 valence electrons. The van der Waals surface area contributed by atoms with Crippen LogP contribution in [-0.4, -0.2) is 57.6 Å². The van der Waals surface area contributed by atoms with Gasteiger partial charge in [0, 0.05) is 6.04 Å². The van der Waals surface area contributed by atoms with E-state index in [2.05, 4.69) is 10.6 Å². The average molecular weight is 590 g/mol. The summed E-state index contributed by atoms with van der Waals surface area (Å²) in [5.74, 6) is 0.0775. The number of benzene rings is 2. The molecule has 0 bridgehead atoms. The molecule has 0 aromatic heterocycles. The number of thioether (sulfide) groups is 1. The van der Waals surface area contributed by atoms with Crippen LogP contribution in [0.25, 0.3) is 0 Å². The van der Waals surface area contributed by atoms with E-state index in [9.17, 15) is 19.5 Å². The van der Waals surface area contributed by atoms with Gasteiger partial charge < -0.3 is 25.4 Å². The minimum absolute atomic E-state index is 0.0898. The Morgan fingerprint density at radius 1 is 1.18 bits per heavy atom. The van der Waals surface area contributed by atoms with Gasteiger partial charge in [-0.3, -0.25) is 9.59 Å². The number of alkyl carbamates (subject to hydrolysis) is 1. The summed E-state index contributed by atoms with van der Waals surface area (Å²) in [6.45, 7) is 10.9. The van der Waals surface area contributed by atoms with Crippen LogP contribution in [0.2, 0.25) is 5.02 Å². The number of anilines is 1. The smallest absolute Gasteiger partial charge is 0.408 e. The molecule has 1 aliphatic rings. The maximum atomic E-state index is 14.3. The lowest BCUT2D eigenvalue weighted by atomic mass is 9.99. The number of phenols is 1. The molecule has 0 spiro atoms. The number of aromatic hydroxyl groups is 1. The molecule has 4 unspecified atom stereocenters. The van der Waals surface area contributed by atoms with Crippen LogP contribution < -0.4 is 10.6 Å². The van der Waals surface area contributed by atoms with Gasteiger partial charge >= 0.3 is 6.09 Å². The summed E-state index contributed by atoms with van der Waals surface area (Å²) in [5.41, 5.74) is 1.64. The maximum absolute atomic E-state index is 14.3. The van der Waals surface area contributed by atoms with Gasteiger partial charge in [0.15, 0.2) is 0 Å². The van der Waals surface area contributed by atoms with Crippen molar-refractivity contribution in [2.45, 2.75) is 78.1 Å². The number of rotatable bonds is 10. The number of para-hydroxylation sites is 1. The molecule has 10 heteroatoms. The summed E-state index contributed by atoms with van der Waals surface area (Å²) >= 11 is 8.00. The number of halogens is 1. The molecule has 1 saturated carbocycles. The maximum Gasteiger partial charge on any atom is 0.408 e. The minimum atomic E-state index is -1.03. The first-order valence-corrected chi connectivity index (χ1v) is 15.2. The first kappa shape index (κ1) is 31.6. The normalized spacial score (nSPS) is 17.9. The first-order chi connectivity index (χ1) is 18.7. The zero-order valence-corrected chi connectivity index (χ0v) is 25.8. The van der Waals surface area contributed by atoms with Gasteiger partial charge in [-0.15, -0.1) is 0 Å². The van der Waals surface area contributed by atoms with Crippen molar-refractivity contribution in [2.24, 2.45) is 5.92 Å². The number of ether oxygens (including phenoxy) is 1. The SMILES string of the molecule is CSCCC(NC(=O)OC(C)(C)C)C(=O)N(C(C(=O)Nc1c(C)cccc1Cl)c1ccc(O)c(C)c1)C1CC1C. The predicted octanol–water partition coefficient (Wildman–Crippen LogP) is 6.23. The molecule has 40 heavy (non-hydrogen) atoms. The van der Waals surface area contributed by atoms with Gasteiger partial charge in [0.2, 0.25) is 5.91 Å². The van der Waals surface area contributed by atoms with Crippen LogP contribution in [0.4, 0.5) is 10.5 Å². The van der Waals surface area contributed by atoms with Gasteiger partial charge in [-0.2, -0.15) is 11.8 Å². The van der Waals surface area contributed by atoms with Crippen LogP contribution in [0.15, 0.2) is 36.4 Å². The quantitative estimate of drug-likeness (QED) is 0.303. The molecule has 3 amide bonds. The molecule has 3 N–H and O–H groups in total. The molecule has 0 aliphatic heterocycles. The molecule has 3 rings (SSSR count). The summed E-state index contributed by atoms with van der Waals surface area (Å²) < 4.78 is 5.45. The lowest BCUT2D eigenvalue weighted by Crippen LogP contribution is -2.53. The Morgan fingerprint density at radius 3 is 2.40 bits per heavy atom. The van der Waals surface area contributed by atoms with E-state index in [0.717, 1.165) is 12.0 Å². The van der Waals surface area contributed by atoms with Crippen molar-refractivity contribution >= 4 is 47.0 Å². The third-order valence-corrected chi connectivity index (χ3v) is 7.77. The van der Waals surface area contributed by atoms with Gasteiger partial charge in [-0.1, -0.05) is 36.7 Å². The van der Waals surface area contributed by atoms with Gasteiger partial charge in [0.25, 0.3) is 5.91 Å². The van der Waals surface area contributed by atoms with E-state index >= 15 is 0 Å². The van der Waals surface area contributed by atoms with Crippen LogP contribution >= 0.6 is 23.4 Å². The Hall–Kier alpha value is -2.91. The van der Waals surface area contributed by atoms with E-state index in [-0.39, 0.29) is 23.6 Å². The van der Waals surface area contributed by atoms with Crippen molar-refractivity contribution < 1.29 is 24.2 Å². The van der Waals surface area contributed by atoms with Crippen LogP contribution in [0.1, 0.15) is 63.3 Å². The summed E-state index contributed by atoms with van der Waals surface area (Å²) in [7, 11) is 0. The number of aryl methyl sites for hydroxylation is 2. The zero-order valence-electron chi connectivity index (χ0n) is 24.2. The third kappa shape index (κ3) is 8.07. The molecule has 0 radical (unpaired) electrons. The van der Waals surface area contributed by atoms with E-state index in [1.807, 2.05) is 26.2 Å². The summed E-state index contributed by atoms with van der Waals surface area (Å²) in [6, 6.07) is 8.09. The Morgan fingerprint density at radius 2 is 1.85 bits per heavy atom. The summed E-state index contributed by atoms with van der Waals surface area (Å²) in [5, 5.41) is 16.3. The molecule has 1 fully saturated rings. The number of carbonyl (C=O) groups is 3. The number of hydrogen-bond acceptors (Lipinski definition) is 6. The lowest BCUT2D eigenvalue weighted by Gasteiger charge is -2.35. The van der Waals surface area contributed by atoms with E-state index in [0.29, 0.717) is 34.0 Å². The van der Waals surface area contributed by atoms with Crippen LogP contribution in [0.3, 0.4) is 0 Å². The summed E-state index contributed by atoms with van der Waals surface area (Å²) in [4.78, 5) is 42.8. The molecule has 1 aliphatic carbocycles. The number of hydrogen-bond donors (Lipinski definition) is 3. The summed E-state index contributed by atoms with van der Waals surface area (Å²) in [6.07, 6.45) is 2.32.